The van der Waals surface area contributed by atoms with Gasteiger partial charge in [0.2, 0.25) is 0 Å². The Morgan fingerprint density at radius 3 is 1.35 bits per heavy atom. The SMILES string of the molecule is c1ccc(-n2c3ccccc3c3ccc(-c4cccc5c4c4ccccc4n5-c4ccccc4-n4c5ccccc5c5ccccc54)cc32)cc1. The second-order valence-corrected chi connectivity index (χ2v) is 13.3. The Kier molecular flexibility index (Phi) is 5.96. The van der Waals surface area contributed by atoms with Crippen LogP contribution in [-0.4, -0.2) is 13.7 Å². The van der Waals surface area contributed by atoms with Gasteiger partial charge >= 0.3 is 0 Å². The summed E-state index contributed by atoms with van der Waals surface area (Å²) in [5, 5.41) is 7.54. The van der Waals surface area contributed by atoms with Gasteiger partial charge in [-0.05, 0) is 71.8 Å². The summed E-state index contributed by atoms with van der Waals surface area (Å²) < 4.78 is 7.30. The van der Waals surface area contributed by atoms with Crippen LogP contribution in [0.2, 0.25) is 0 Å². The molecule has 0 fully saturated rings. The number of nitrogens with zero attached hydrogens (tertiary/aromatic N) is 3. The molecule has 0 bridgehead atoms. The maximum Gasteiger partial charge on any atom is 0.0702 e. The summed E-state index contributed by atoms with van der Waals surface area (Å²) in [6, 6.07) is 68.4. The molecule has 11 rings (SSSR count). The molecule has 3 heterocycles. The fourth-order valence-electron chi connectivity index (χ4n) is 8.54. The normalized spacial score (nSPS) is 11.9. The average Bonchev–Trinajstić information content (AvgIpc) is 3.84. The molecule has 0 unspecified atom stereocenters. The molecule has 3 heteroatoms. The summed E-state index contributed by atoms with van der Waals surface area (Å²) in [5.74, 6) is 0. The van der Waals surface area contributed by atoms with E-state index < -0.39 is 0 Å². The van der Waals surface area contributed by atoms with Gasteiger partial charge in [-0.3, -0.25) is 0 Å². The van der Waals surface area contributed by atoms with Crippen molar-refractivity contribution in [3.05, 3.63) is 188 Å². The summed E-state index contributed by atoms with van der Waals surface area (Å²) in [4.78, 5) is 0. The summed E-state index contributed by atoms with van der Waals surface area (Å²) in [7, 11) is 0. The van der Waals surface area contributed by atoms with Crippen LogP contribution in [0.3, 0.4) is 0 Å². The van der Waals surface area contributed by atoms with Gasteiger partial charge in [0.25, 0.3) is 0 Å². The number of aromatic nitrogens is 3. The maximum atomic E-state index is 2.46. The Morgan fingerprint density at radius 1 is 0.275 bits per heavy atom. The third-order valence-corrected chi connectivity index (χ3v) is 10.6. The molecule has 0 atom stereocenters. The van der Waals surface area contributed by atoms with E-state index in [4.69, 9.17) is 0 Å². The van der Waals surface area contributed by atoms with Gasteiger partial charge in [-0.2, -0.15) is 0 Å². The van der Waals surface area contributed by atoms with Crippen LogP contribution in [0, 0.1) is 0 Å². The van der Waals surface area contributed by atoms with E-state index in [-0.39, 0.29) is 0 Å². The predicted octanol–water partition coefficient (Wildman–Crippen LogP) is 12.6. The fraction of sp³-hybridized carbons (Fsp3) is 0. The first-order chi connectivity index (χ1) is 25.3. The lowest BCUT2D eigenvalue weighted by Crippen LogP contribution is -2.03. The van der Waals surface area contributed by atoms with E-state index >= 15 is 0 Å². The standard InChI is InChI=1S/C48H31N3/c1-2-15-33(16-3-1)49-40-22-8-4-19-37(40)38-30-29-32(31-47(38)49)34-21-14-28-46-48(34)39-20-7-11-25-43(39)51(46)45-27-13-12-26-44(45)50-41-23-9-5-17-35(41)36-18-6-10-24-42(36)50/h1-31H. The lowest BCUT2D eigenvalue weighted by molar-refractivity contribution is 1.10. The quantitative estimate of drug-likeness (QED) is 0.180. The Bertz CT molecular complexity index is 3080. The van der Waals surface area contributed by atoms with Crippen molar-refractivity contribution in [1.29, 1.82) is 0 Å². The van der Waals surface area contributed by atoms with Gasteiger partial charge in [-0.15, -0.1) is 0 Å². The molecule has 8 aromatic carbocycles. The Balaban J connectivity index is 1.20. The van der Waals surface area contributed by atoms with Crippen LogP contribution in [0.4, 0.5) is 0 Å². The molecule has 3 aromatic heterocycles. The van der Waals surface area contributed by atoms with Crippen molar-refractivity contribution < 1.29 is 0 Å². The number of rotatable bonds is 4. The summed E-state index contributed by atoms with van der Waals surface area (Å²) >= 11 is 0. The van der Waals surface area contributed by atoms with Crippen LogP contribution in [-0.2, 0) is 0 Å². The van der Waals surface area contributed by atoms with E-state index in [1.54, 1.807) is 0 Å². The molecule has 0 spiro atoms. The van der Waals surface area contributed by atoms with Gasteiger partial charge in [0.15, 0.2) is 0 Å². The van der Waals surface area contributed by atoms with Gasteiger partial charge in [-0.1, -0.05) is 127 Å². The van der Waals surface area contributed by atoms with E-state index in [0.29, 0.717) is 0 Å². The van der Waals surface area contributed by atoms with E-state index in [2.05, 4.69) is 202 Å². The zero-order chi connectivity index (χ0) is 33.5. The number of hydrogen-bond donors (Lipinski definition) is 0. The van der Waals surface area contributed by atoms with Crippen LogP contribution >= 0.6 is 0 Å². The predicted molar refractivity (Wildman–Crippen MR) is 215 cm³/mol. The zero-order valence-electron chi connectivity index (χ0n) is 27.7. The van der Waals surface area contributed by atoms with E-state index in [1.165, 1.54) is 76.5 Å². The van der Waals surface area contributed by atoms with Crippen molar-refractivity contribution in [2.45, 2.75) is 0 Å². The van der Waals surface area contributed by atoms with Crippen molar-refractivity contribution >= 4 is 65.4 Å². The number of fused-ring (bicyclic) bond motifs is 9. The number of benzene rings is 8. The largest absolute Gasteiger partial charge is 0.309 e. The molecule has 0 radical (unpaired) electrons. The monoisotopic (exact) mass is 649 g/mol. The lowest BCUT2D eigenvalue weighted by atomic mass is 9.98. The van der Waals surface area contributed by atoms with Gasteiger partial charge in [0.1, 0.15) is 0 Å². The van der Waals surface area contributed by atoms with E-state index in [1.807, 2.05) is 0 Å². The van der Waals surface area contributed by atoms with Crippen molar-refractivity contribution in [3.8, 4) is 28.2 Å². The third kappa shape index (κ3) is 4.00. The molecule has 51 heavy (non-hydrogen) atoms. The topological polar surface area (TPSA) is 14.8 Å². The highest BCUT2D eigenvalue weighted by Gasteiger charge is 2.21. The smallest absolute Gasteiger partial charge is 0.0702 e. The molecule has 0 saturated heterocycles. The first-order valence-corrected chi connectivity index (χ1v) is 17.5. The Labute approximate surface area is 294 Å². The Morgan fingerprint density at radius 2 is 0.725 bits per heavy atom. The molecule has 3 nitrogen and oxygen atoms in total. The van der Waals surface area contributed by atoms with Crippen LogP contribution in [0.5, 0.6) is 0 Å². The lowest BCUT2D eigenvalue weighted by Gasteiger charge is -2.16. The molecule has 0 aliphatic carbocycles. The third-order valence-electron chi connectivity index (χ3n) is 10.6. The van der Waals surface area contributed by atoms with Crippen molar-refractivity contribution in [2.75, 3.05) is 0 Å². The number of hydrogen-bond acceptors (Lipinski definition) is 0. The second kappa shape index (κ2) is 10.8. The van der Waals surface area contributed by atoms with Gasteiger partial charge < -0.3 is 13.7 Å². The number of para-hydroxylation sites is 7. The van der Waals surface area contributed by atoms with E-state index in [0.717, 1.165) is 17.1 Å². The Hall–Kier alpha value is -6.84. The highest BCUT2D eigenvalue weighted by atomic mass is 15.1. The molecule has 238 valence electrons. The van der Waals surface area contributed by atoms with Crippen LogP contribution < -0.4 is 0 Å². The van der Waals surface area contributed by atoms with E-state index in [9.17, 15) is 0 Å². The molecular formula is C48H31N3. The first kappa shape index (κ1) is 28.0. The highest BCUT2D eigenvalue weighted by molar-refractivity contribution is 6.17. The van der Waals surface area contributed by atoms with Crippen molar-refractivity contribution in [1.82, 2.24) is 13.7 Å². The van der Waals surface area contributed by atoms with Crippen molar-refractivity contribution in [3.63, 3.8) is 0 Å². The highest BCUT2D eigenvalue weighted by Crippen LogP contribution is 2.42. The molecule has 0 aliphatic rings. The van der Waals surface area contributed by atoms with Crippen LogP contribution in [0.25, 0.3) is 93.6 Å². The van der Waals surface area contributed by atoms with Crippen LogP contribution in [0.15, 0.2) is 188 Å². The molecule has 0 amide bonds. The molecule has 0 aliphatic heterocycles. The average molecular weight is 650 g/mol. The molecule has 0 N–H and O–H groups in total. The fourth-order valence-corrected chi connectivity index (χ4v) is 8.54. The van der Waals surface area contributed by atoms with Crippen LogP contribution in [0.1, 0.15) is 0 Å². The maximum absolute atomic E-state index is 2.46. The molecule has 0 saturated carbocycles. The molecule has 11 aromatic rings. The minimum atomic E-state index is 1.15. The first-order valence-electron chi connectivity index (χ1n) is 17.5. The summed E-state index contributed by atoms with van der Waals surface area (Å²) in [6.45, 7) is 0. The van der Waals surface area contributed by atoms with Crippen molar-refractivity contribution in [2.24, 2.45) is 0 Å². The zero-order valence-corrected chi connectivity index (χ0v) is 27.7. The summed E-state index contributed by atoms with van der Waals surface area (Å²) in [5.41, 5.74) is 13.1. The minimum Gasteiger partial charge on any atom is -0.309 e. The second-order valence-electron chi connectivity index (χ2n) is 13.3. The minimum absolute atomic E-state index is 1.15. The van der Waals surface area contributed by atoms with Gasteiger partial charge in [0.05, 0.1) is 44.5 Å². The van der Waals surface area contributed by atoms with Gasteiger partial charge in [0, 0.05) is 38.0 Å². The van der Waals surface area contributed by atoms with Gasteiger partial charge in [-0.25, -0.2) is 0 Å². The molecular weight excluding hydrogens is 619 g/mol. The summed E-state index contributed by atoms with van der Waals surface area (Å²) in [6.07, 6.45) is 0.